The molecule has 4 heteroatoms. The highest BCUT2D eigenvalue weighted by molar-refractivity contribution is 7.03. The maximum absolute atomic E-state index is 5.98. The highest BCUT2D eigenvalue weighted by Gasteiger charge is 2.47. The third-order valence-corrected chi connectivity index (χ3v) is 23.2. The lowest BCUT2D eigenvalue weighted by molar-refractivity contribution is 0.568. The molecular formula is C99H104BN3. The standard InChI is InChI=1S/C99H104BN3/c1-92(2,3)67-39-65(40-68(49-67)93(4,5)6)79-43-63(44-80(101-79)66-41-69(94(7,8)9)50-70(42-66)95(10,11)12)64-47-83-91-84(48-64)103(76-55-73(98(19,20)21)52-74(56-76)99(22,23)24)82-46-62-34-32-58-28-26-30-60-36-38-78(88(62)86(58)60)90(82)100(91)89-77-37-35-59-29-25-27-57-31-33-61(87(77)85(57)59)45-81(89)102(83)75-53-71(96(13,14)15)51-72(54-75)97(16,17)18/h25-56H,1-24H3. The SMILES string of the molecule is CC(C)(C)c1cc(-c2cc(-c3cc4c5c(c3)N(c3cc(C(C)(C)C)cc(C(C)(C)C)c3)c3cc6ccc7cccc8ccc(c3B5c3c(cc5ccc9cccc%10ccc3c5c9%10)N4c3cc(C(C)(C)C)cc(C(C)(C)C)c3)c6c78)cc(-c3cc(C(C)(C)C)cc(C(C)(C)C)c3)n2)cc(C(C)(C)C)c1. The summed E-state index contributed by atoms with van der Waals surface area (Å²) in [7, 11) is 0. The average molecular weight is 1350 g/mol. The predicted molar refractivity (Wildman–Crippen MR) is 452 cm³/mol. The largest absolute Gasteiger partial charge is 0.311 e. The summed E-state index contributed by atoms with van der Waals surface area (Å²) < 4.78 is 0. The maximum atomic E-state index is 5.98. The van der Waals surface area contributed by atoms with Crippen molar-refractivity contribution < 1.29 is 0 Å². The lowest BCUT2D eigenvalue weighted by Crippen LogP contribution is -2.61. The summed E-state index contributed by atoms with van der Waals surface area (Å²) in [5.74, 6) is 0. The molecule has 3 heterocycles. The monoisotopic (exact) mass is 1350 g/mol. The van der Waals surface area contributed by atoms with E-state index in [-0.39, 0.29) is 50.0 Å². The van der Waals surface area contributed by atoms with Crippen LogP contribution in [0, 0.1) is 0 Å². The first-order valence-corrected chi connectivity index (χ1v) is 37.9. The summed E-state index contributed by atoms with van der Waals surface area (Å²) in [5, 5.41) is 15.5. The quantitative estimate of drug-likeness (QED) is 0.126. The van der Waals surface area contributed by atoms with Crippen LogP contribution in [0.3, 0.4) is 0 Å². The van der Waals surface area contributed by atoms with E-state index in [9.17, 15) is 0 Å². The molecule has 2 aliphatic rings. The van der Waals surface area contributed by atoms with E-state index >= 15 is 0 Å². The van der Waals surface area contributed by atoms with Gasteiger partial charge in [-0.05, 0) is 265 Å². The van der Waals surface area contributed by atoms with Gasteiger partial charge in [0.2, 0.25) is 0 Å². The minimum absolute atomic E-state index is 0.116. The molecule has 0 amide bonds. The molecule has 0 fully saturated rings. The lowest BCUT2D eigenvalue weighted by atomic mass is 9.32. The van der Waals surface area contributed by atoms with Crippen molar-refractivity contribution in [3.63, 3.8) is 0 Å². The highest BCUT2D eigenvalue weighted by Crippen LogP contribution is 2.53. The summed E-state index contributed by atoms with van der Waals surface area (Å²) in [6, 6.07) is 78.2. The van der Waals surface area contributed by atoms with Crippen LogP contribution in [0.2, 0.25) is 0 Å². The Hall–Kier alpha value is -9.25. The summed E-state index contributed by atoms with van der Waals surface area (Å²) in [4.78, 5) is 11.5. The molecule has 2 aliphatic heterocycles. The van der Waals surface area contributed by atoms with E-state index in [1.807, 2.05) is 0 Å². The van der Waals surface area contributed by atoms with Gasteiger partial charge in [0.25, 0.3) is 6.71 Å². The molecule has 0 aliphatic carbocycles. The number of aromatic nitrogens is 1. The van der Waals surface area contributed by atoms with E-state index in [2.05, 4.69) is 370 Å². The molecule has 103 heavy (non-hydrogen) atoms. The van der Waals surface area contributed by atoms with Crippen LogP contribution in [-0.2, 0) is 43.3 Å². The molecule has 0 bridgehead atoms. The van der Waals surface area contributed by atoms with Crippen LogP contribution in [0.25, 0.3) is 98.3 Å². The Bertz CT molecular complexity index is 5330. The molecule has 1 aromatic heterocycles. The Morgan fingerprint density at radius 2 is 0.495 bits per heavy atom. The van der Waals surface area contributed by atoms with Gasteiger partial charge < -0.3 is 9.80 Å². The number of benzene rings is 13. The van der Waals surface area contributed by atoms with E-state index in [1.165, 1.54) is 160 Å². The maximum Gasteiger partial charge on any atom is 0.253 e. The fourth-order valence-corrected chi connectivity index (χ4v) is 16.8. The molecule has 13 aromatic carbocycles. The normalized spacial score (nSPS) is 14.2. The molecular weight excluding hydrogens is 1240 g/mol. The van der Waals surface area contributed by atoms with Crippen LogP contribution in [0.1, 0.15) is 211 Å². The molecule has 0 unspecified atom stereocenters. The first-order valence-electron chi connectivity index (χ1n) is 37.9. The molecule has 0 saturated heterocycles. The van der Waals surface area contributed by atoms with Crippen molar-refractivity contribution in [1.82, 2.24) is 4.98 Å². The first-order chi connectivity index (χ1) is 48.1. The van der Waals surface area contributed by atoms with Gasteiger partial charge in [0.15, 0.2) is 0 Å². The Kier molecular flexibility index (Phi) is 15.0. The van der Waals surface area contributed by atoms with Crippen LogP contribution in [0.5, 0.6) is 0 Å². The molecule has 0 N–H and O–H groups in total. The van der Waals surface area contributed by atoms with Gasteiger partial charge in [-0.3, -0.25) is 0 Å². The molecule has 3 nitrogen and oxygen atoms in total. The second-order valence-electron chi connectivity index (χ2n) is 39.1. The number of hydrogen-bond donors (Lipinski definition) is 0. The summed E-state index contributed by atoms with van der Waals surface area (Å²) >= 11 is 0. The van der Waals surface area contributed by atoms with Gasteiger partial charge >= 0.3 is 0 Å². The molecule has 518 valence electrons. The number of anilines is 6. The molecule has 0 radical (unpaired) electrons. The smallest absolute Gasteiger partial charge is 0.253 e. The second-order valence-corrected chi connectivity index (χ2v) is 39.1. The van der Waals surface area contributed by atoms with Gasteiger partial charge in [-0.2, -0.15) is 0 Å². The Labute approximate surface area is 614 Å². The summed E-state index contributed by atoms with van der Waals surface area (Å²) in [6.45, 7) is 56.6. The molecule has 0 spiro atoms. The van der Waals surface area contributed by atoms with Gasteiger partial charge in [-0.25, -0.2) is 4.98 Å². The number of fused-ring (bicyclic) bond motifs is 6. The number of rotatable bonds is 5. The average Bonchev–Trinajstić information content (AvgIpc) is 0.674. The number of pyridine rings is 1. The van der Waals surface area contributed by atoms with E-state index in [0.717, 1.165) is 33.6 Å². The van der Waals surface area contributed by atoms with Crippen LogP contribution in [0.4, 0.5) is 34.1 Å². The van der Waals surface area contributed by atoms with E-state index in [4.69, 9.17) is 4.98 Å². The molecule has 0 saturated carbocycles. The lowest BCUT2D eigenvalue weighted by Gasteiger charge is -2.46. The zero-order chi connectivity index (χ0) is 73.3. The Balaban J connectivity index is 1.13. The van der Waals surface area contributed by atoms with Crippen LogP contribution >= 0.6 is 0 Å². The third-order valence-electron chi connectivity index (χ3n) is 23.2. The zero-order valence-electron chi connectivity index (χ0n) is 65.9. The minimum Gasteiger partial charge on any atom is -0.311 e. The van der Waals surface area contributed by atoms with E-state index in [1.54, 1.807) is 0 Å². The van der Waals surface area contributed by atoms with Gasteiger partial charge in [-0.1, -0.05) is 275 Å². The van der Waals surface area contributed by atoms with Crippen molar-refractivity contribution in [2.75, 3.05) is 9.80 Å². The Morgan fingerprint density at radius 1 is 0.233 bits per heavy atom. The number of nitrogens with zero attached hydrogens (tertiary/aromatic N) is 3. The van der Waals surface area contributed by atoms with Crippen molar-refractivity contribution in [2.24, 2.45) is 0 Å². The van der Waals surface area contributed by atoms with Gasteiger partial charge in [-0.15, -0.1) is 0 Å². The van der Waals surface area contributed by atoms with Gasteiger partial charge in [0, 0.05) is 45.3 Å². The van der Waals surface area contributed by atoms with Crippen molar-refractivity contribution in [1.29, 1.82) is 0 Å². The van der Waals surface area contributed by atoms with Gasteiger partial charge in [0.1, 0.15) is 0 Å². The van der Waals surface area contributed by atoms with E-state index in [0.29, 0.717) is 0 Å². The van der Waals surface area contributed by atoms with Crippen LogP contribution in [-0.4, -0.2) is 11.7 Å². The second kappa shape index (κ2) is 22.6. The topological polar surface area (TPSA) is 19.4 Å². The fourth-order valence-electron chi connectivity index (χ4n) is 16.8. The van der Waals surface area contributed by atoms with Gasteiger partial charge in [0.05, 0.1) is 11.4 Å². The van der Waals surface area contributed by atoms with Crippen molar-refractivity contribution in [2.45, 2.75) is 209 Å². The summed E-state index contributed by atoms with van der Waals surface area (Å²) in [6.07, 6.45) is 0. The Morgan fingerprint density at radius 3 is 0.796 bits per heavy atom. The molecule has 14 aromatic rings. The first kappa shape index (κ1) is 68.2. The summed E-state index contributed by atoms with van der Waals surface area (Å²) in [5.41, 5.74) is 26.9. The van der Waals surface area contributed by atoms with Crippen LogP contribution < -0.4 is 26.2 Å². The minimum atomic E-state index is -0.220. The van der Waals surface area contributed by atoms with E-state index < -0.39 is 0 Å². The zero-order valence-corrected chi connectivity index (χ0v) is 65.9. The fraction of sp³-hybridized carbons (Fsp3) is 0.323. The van der Waals surface area contributed by atoms with Crippen molar-refractivity contribution in [3.8, 4) is 33.6 Å². The molecule has 0 atom stereocenters. The predicted octanol–water partition coefficient (Wildman–Crippen LogP) is 26.3. The highest BCUT2D eigenvalue weighted by atomic mass is 15.2. The molecule has 16 rings (SSSR count). The van der Waals surface area contributed by atoms with Crippen LogP contribution in [0.15, 0.2) is 194 Å². The number of hydrogen-bond acceptors (Lipinski definition) is 3. The van der Waals surface area contributed by atoms with Crippen molar-refractivity contribution >= 4 is 122 Å². The third kappa shape index (κ3) is 11.4. The van der Waals surface area contributed by atoms with Crippen molar-refractivity contribution in [3.05, 3.63) is 239 Å².